The standard InChI is InChI=1S/C25H33N5O3.ClH/c1-18(31)30-12-8-22(9-13-30)28-24-14-20(6-10-26-24)25(33)27-15-23(32)17-29-11-7-19-4-2-3-5-21(19)16-29;/h2-6,10,14,22-23,32H,7-9,11-13,15-17H2,1H3,(H,26,28)(H,27,33);1H. The van der Waals surface area contributed by atoms with Gasteiger partial charge in [-0.1, -0.05) is 24.3 Å². The van der Waals surface area contributed by atoms with Gasteiger partial charge in [-0.15, -0.1) is 12.4 Å². The molecule has 1 fully saturated rings. The Kier molecular flexibility index (Phi) is 9.27. The molecule has 2 aliphatic rings. The average molecular weight is 488 g/mol. The zero-order chi connectivity index (χ0) is 23.2. The van der Waals surface area contributed by atoms with Crippen molar-refractivity contribution in [3.8, 4) is 0 Å². The molecule has 0 bridgehead atoms. The lowest BCUT2D eigenvalue weighted by atomic mass is 10.00. The maximum atomic E-state index is 12.6. The Labute approximate surface area is 207 Å². The van der Waals surface area contributed by atoms with Gasteiger partial charge in [0.2, 0.25) is 5.91 Å². The molecule has 0 saturated carbocycles. The fourth-order valence-corrected chi connectivity index (χ4v) is 4.58. The minimum absolute atomic E-state index is 0. The molecule has 8 nitrogen and oxygen atoms in total. The molecule has 2 aliphatic heterocycles. The molecule has 1 atom stereocenters. The number of nitrogens with zero attached hydrogens (tertiary/aromatic N) is 3. The number of β-amino-alcohol motifs (C(OH)–C–C–N with tert-alkyl or cyclic N) is 1. The van der Waals surface area contributed by atoms with E-state index < -0.39 is 6.10 Å². The van der Waals surface area contributed by atoms with Crippen LogP contribution in [0.1, 0.15) is 41.3 Å². The third-order valence-electron chi connectivity index (χ3n) is 6.49. The second kappa shape index (κ2) is 12.1. The number of aliphatic hydroxyl groups is 1. The summed E-state index contributed by atoms with van der Waals surface area (Å²) < 4.78 is 0. The van der Waals surface area contributed by atoms with E-state index >= 15 is 0 Å². The minimum atomic E-state index is -0.634. The summed E-state index contributed by atoms with van der Waals surface area (Å²) in [4.78, 5) is 32.5. The summed E-state index contributed by atoms with van der Waals surface area (Å²) in [5.74, 6) is 0.531. The molecule has 2 amide bonds. The number of aliphatic hydroxyl groups excluding tert-OH is 1. The SMILES string of the molecule is CC(=O)N1CCC(Nc2cc(C(=O)NCC(O)CN3CCc4ccccc4C3)ccn2)CC1.Cl. The number of fused-ring (bicyclic) bond motifs is 1. The molecule has 0 radical (unpaired) electrons. The van der Waals surface area contributed by atoms with E-state index in [0.717, 1.165) is 45.4 Å². The Morgan fingerprint density at radius 3 is 2.62 bits per heavy atom. The number of halogens is 1. The Hall–Kier alpha value is -2.68. The summed E-state index contributed by atoms with van der Waals surface area (Å²) in [6.07, 6.45) is 3.67. The maximum absolute atomic E-state index is 12.6. The van der Waals surface area contributed by atoms with Gasteiger partial charge in [0.25, 0.3) is 5.91 Å². The Bertz CT molecular complexity index is 981. The number of amides is 2. The van der Waals surface area contributed by atoms with Crippen LogP contribution in [-0.4, -0.2) is 76.6 Å². The second-order valence-electron chi connectivity index (χ2n) is 8.97. The van der Waals surface area contributed by atoms with Crippen LogP contribution in [0.15, 0.2) is 42.6 Å². The van der Waals surface area contributed by atoms with Crippen molar-refractivity contribution in [3.05, 3.63) is 59.3 Å². The van der Waals surface area contributed by atoms with Gasteiger partial charge in [0.1, 0.15) is 5.82 Å². The van der Waals surface area contributed by atoms with Gasteiger partial charge >= 0.3 is 0 Å². The number of hydrogen-bond acceptors (Lipinski definition) is 6. The highest BCUT2D eigenvalue weighted by molar-refractivity contribution is 5.94. The van der Waals surface area contributed by atoms with Crippen molar-refractivity contribution < 1.29 is 14.7 Å². The smallest absolute Gasteiger partial charge is 0.251 e. The minimum Gasteiger partial charge on any atom is -0.390 e. The quantitative estimate of drug-likeness (QED) is 0.553. The van der Waals surface area contributed by atoms with E-state index in [1.807, 2.05) is 11.0 Å². The number of carbonyl (C=O) groups excluding carboxylic acids is 2. The van der Waals surface area contributed by atoms with Crippen LogP contribution < -0.4 is 10.6 Å². The van der Waals surface area contributed by atoms with E-state index in [4.69, 9.17) is 0 Å². The molecule has 3 N–H and O–H groups in total. The lowest BCUT2D eigenvalue weighted by Gasteiger charge is -2.32. The number of pyridine rings is 1. The van der Waals surface area contributed by atoms with Gasteiger partial charge in [0.15, 0.2) is 0 Å². The summed E-state index contributed by atoms with van der Waals surface area (Å²) in [7, 11) is 0. The highest BCUT2D eigenvalue weighted by atomic mass is 35.5. The number of nitrogens with one attached hydrogen (secondary N) is 2. The zero-order valence-electron chi connectivity index (χ0n) is 19.6. The van der Waals surface area contributed by atoms with Crippen molar-refractivity contribution in [2.45, 2.75) is 44.9 Å². The first kappa shape index (κ1) is 25.9. The van der Waals surface area contributed by atoms with Gasteiger partial charge in [0.05, 0.1) is 6.10 Å². The van der Waals surface area contributed by atoms with Crippen molar-refractivity contribution >= 4 is 30.0 Å². The number of carbonyl (C=O) groups is 2. The van der Waals surface area contributed by atoms with E-state index in [2.05, 4.69) is 38.7 Å². The van der Waals surface area contributed by atoms with Crippen LogP contribution in [0.3, 0.4) is 0 Å². The molecule has 1 saturated heterocycles. The number of likely N-dealkylation sites (tertiary alicyclic amines) is 1. The lowest BCUT2D eigenvalue weighted by molar-refractivity contribution is -0.129. The summed E-state index contributed by atoms with van der Waals surface area (Å²) >= 11 is 0. The summed E-state index contributed by atoms with van der Waals surface area (Å²) in [6, 6.07) is 12.0. The number of piperidine rings is 1. The van der Waals surface area contributed by atoms with E-state index in [1.54, 1.807) is 25.3 Å². The molecule has 34 heavy (non-hydrogen) atoms. The largest absolute Gasteiger partial charge is 0.390 e. The first-order chi connectivity index (χ1) is 16.0. The average Bonchev–Trinajstić information content (AvgIpc) is 2.83. The number of hydrogen-bond donors (Lipinski definition) is 3. The Morgan fingerprint density at radius 2 is 1.88 bits per heavy atom. The van der Waals surface area contributed by atoms with Crippen LogP contribution >= 0.6 is 12.4 Å². The number of rotatable bonds is 7. The first-order valence-electron chi connectivity index (χ1n) is 11.7. The molecule has 0 spiro atoms. The topological polar surface area (TPSA) is 97.8 Å². The van der Waals surface area contributed by atoms with Gasteiger partial charge in [-0.2, -0.15) is 0 Å². The van der Waals surface area contributed by atoms with Crippen LogP contribution in [0.5, 0.6) is 0 Å². The van der Waals surface area contributed by atoms with Crippen molar-refractivity contribution in [2.24, 2.45) is 0 Å². The maximum Gasteiger partial charge on any atom is 0.251 e. The number of benzene rings is 1. The fraction of sp³-hybridized carbons (Fsp3) is 0.480. The molecule has 1 aromatic carbocycles. The molecule has 1 unspecified atom stereocenters. The highest BCUT2D eigenvalue weighted by Crippen LogP contribution is 2.19. The molecule has 0 aliphatic carbocycles. The van der Waals surface area contributed by atoms with Crippen molar-refractivity contribution in [3.63, 3.8) is 0 Å². The van der Waals surface area contributed by atoms with Crippen LogP contribution in [0.2, 0.25) is 0 Å². The Morgan fingerprint density at radius 1 is 1.15 bits per heavy atom. The van der Waals surface area contributed by atoms with Crippen molar-refractivity contribution in [2.75, 3.05) is 38.0 Å². The van der Waals surface area contributed by atoms with Crippen LogP contribution in [0.25, 0.3) is 0 Å². The number of aromatic nitrogens is 1. The van der Waals surface area contributed by atoms with Gasteiger partial charge in [0, 0.05) is 64.0 Å². The monoisotopic (exact) mass is 487 g/mol. The molecular formula is C25H34ClN5O3. The lowest BCUT2D eigenvalue weighted by Crippen LogP contribution is -2.42. The van der Waals surface area contributed by atoms with E-state index in [9.17, 15) is 14.7 Å². The molecule has 9 heteroatoms. The van der Waals surface area contributed by atoms with Crippen LogP contribution in [0.4, 0.5) is 5.82 Å². The highest BCUT2D eigenvalue weighted by Gasteiger charge is 2.22. The van der Waals surface area contributed by atoms with Gasteiger partial charge in [-0.05, 0) is 42.5 Å². The van der Waals surface area contributed by atoms with E-state index in [-0.39, 0.29) is 36.8 Å². The Balaban J connectivity index is 0.00000324. The predicted octanol–water partition coefficient (Wildman–Crippen LogP) is 2.08. The molecule has 2 aromatic rings. The third kappa shape index (κ3) is 6.91. The summed E-state index contributed by atoms with van der Waals surface area (Å²) in [5, 5.41) is 16.7. The van der Waals surface area contributed by atoms with Crippen molar-refractivity contribution in [1.29, 1.82) is 0 Å². The molecule has 1 aromatic heterocycles. The fourth-order valence-electron chi connectivity index (χ4n) is 4.58. The van der Waals surface area contributed by atoms with Crippen LogP contribution in [0, 0.1) is 0 Å². The third-order valence-corrected chi connectivity index (χ3v) is 6.49. The van der Waals surface area contributed by atoms with Gasteiger partial charge in [-0.25, -0.2) is 4.98 Å². The molecule has 184 valence electrons. The van der Waals surface area contributed by atoms with Gasteiger partial charge in [-0.3, -0.25) is 14.5 Å². The van der Waals surface area contributed by atoms with E-state index in [1.165, 1.54) is 11.1 Å². The first-order valence-corrected chi connectivity index (χ1v) is 11.7. The second-order valence-corrected chi connectivity index (χ2v) is 8.97. The number of anilines is 1. The van der Waals surface area contributed by atoms with Crippen molar-refractivity contribution in [1.82, 2.24) is 20.1 Å². The summed E-state index contributed by atoms with van der Waals surface area (Å²) in [5.41, 5.74) is 3.19. The summed E-state index contributed by atoms with van der Waals surface area (Å²) in [6.45, 7) is 5.52. The molecule has 4 rings (SSSR count). The van der Waals surface area contributed by atoms with Gasteiger partial charge < -0.3 is 20.6 Å². The normalized spacial score (nSPS) is 17.3. The predicted molar refractivity (Wildman–Crippen MR) is 134 cm³/mol. The molecule has 3 heterocycles. The van der Waals surface area contributed by atoms with Crippen LogP contribution in [-0.2, 0) is 17.8 Å². The zero-order valence-corrected chi connectivity index (χ0v) is 20.4. The van der Waals surface area contributed by atoms with E-state index in [0.29, 0.717) is 17.9 Å². The molecular weight excluding hydrogens is 454 g/mol.